The van der Waals surface area contributed by atoms with Gasteiger partial charge in [-0.3, -0.25) is 9.59 Å². The Balaban J connectivity index is 0.00000156. The second-order valence-electron chi connectivity index (χ2n) is 6.25. The number of halogens is 1. The summed E-state index contributed by atoms with van der Waals surface area (Å²) >= 11 is 1.66. The summed E-state index contributed by atoms with van der Waals surface area (Å²) in [5.41, 5.74) is 1.45. The van der Waals surface area contributed by atoms with Gasteiger partial charge in [-0.1, -0.05) is 0 Å². The number of benzene rings is 1. The lowest BCUT2D eigenvalue weighted by Gasteiger charge is -2.18. The lowest BCUT2D eigenvalue weighted by atomic mass is 10.0. The Kier molecular flexibility index (Phi) is 4.85. The topological polar surface area (TPSA) is 61.4 Å². The Hall–Kier alpha value is -1.24. The molecule has 0 bridgehead atoms. The van der Waals surface area contributed by atoms with E-state index >= 15 is 0 Å². The van der Waals surface area contributed by atoms with Crippen LogP contribution in [0.2, 0.25) is 0 Å². The van der Waals surface area contributed by atoms with Crippen molar-refractivity contribution in [3.05, 3.63) is 23.8 Å². The molecule has 0 radical (unpaired) electrons. The molecule has 0 spiro atoms. The first-order chi connectivity index (χ1) is 10.7. The molecule has 1 aromatic rings. The summed E-state index contributed by atoms with van der Waals surface area (Å²) in [5.74, 6) is 2.09. The quantitative estimate of drug-likeness (QED) is 0.808. The maximum atomic E-state index is 12.7. The van der Waals surface area contributed by atoms with E-state index in [1.807, 2.05) is 23.1 Å². The van der Waals surface area contributed by atoms with Crippen molar-refractivity contribution in [2.24, 2.45) is 11.8 Å². The maximum absolute atomic E-state index is 12.7. The van der Waals surface area contributed by atoms with Crippen LogP contribution < -0.4 is 10.6 Å². The van der Waals surface area contributed by atoms with E-state index in [-0.39, 0.29) is 24.2 Å². The molecule has 3 aliphatic heterocycles. The van der Waals surface area contributed by atoms with E-state index in [0.29, 0.717) is 23.8 Å². The van der Waals surface area contributed by atoms with Gasteiger partial charge in [0.1, 0.15) is 0 Å². The lowest BCUT2D eigenvalue weighted by Crippen LogP contribution is -2.31. The van der Waals surface area contributed by atoms with Gasteiger partial charge in [-0.2, -0.15) is 0 Å². The number of hydrogen-bond acceptors (Lipinski definition) is 4. The minimum atomic E-state index is 0. The highest BCUT2D eigenvalue weighted by molar-refractivity contribution is 7.99. The van der Waals surface area contributed by atoms with Crippen molar-refractivity contribution >= 4 is 41.7 Å². The number of likely N-dealkylation sites (tertiary alicyclic amines) is 1. The van der Waals surface area contributed by atoms with Crippen LogP contribution in [0.5, 0.6) is 0 Å². The molecule has 2 amide bonds. The number of nitrogens with zero attached hydrogens (tertiary/aromatic N) is 1. The number of fused-ring (bicyclic) bond motifs is 2. The number of carbonyl (C=O) groups is 2. The number of carbonyl (C=O) groups excluding carboxylic acids is 2. The predicted molar refractivity (Wildman–Crippen MR) is 93.4 cm³/mol. The molecule has 2 N–H and O–H groups in total. The van der Waals surface area contributed by atoms with Gasteiger partial charge in [-0.25, -0.2) is 0 Å². The first-order valence-electron chi connectivity index (χ1n) is 7.77. The van der Waals surface area contributed by atoms with Crippen molar-refractivity contribution in [1.29, 1.82) is 0 Å². The highest BCUT2D eigenvalue weighted by atomic mass is 35.5. The molecule has 2 fully saturated rings. The summed E-state index contributed by atoms with van der Waals surface area (Å²) in [6.45, 7) is 3.72. The summed E-state index contributed by atoms with van der Waals surface area (Å²) in [5, 5.41) is 6.30. The maximum Gasteiger partial charge on any atom is 0.253 e. The molecule has 1 aromatic carbocycles. The third kappa shape index (κ3) is 3.20. The first kappa shape index (κ1) is 16.6. The minimum absolute atomic E-state index is 0. The molecule has 7 heteroatoms. The van der Waals surface area contributed by atoms with Crippen LogP contribution in [-0.4, -0.2) is 48.6 Å². The number of nitrogens with one attached hydrogen (secondary N) is 2. The van der Waals surface area contributed by atoms with E-state index < -0.39 is 0 Å². The molecular formula is C16H20ClN3O2S. The van der Waals surface area contributed by atoms with E-state index in [9.17, 15) is 9.59 Å². The average Bonchev–Trinajstić information content (AvgIpc) is 3.04. The molecule has 23 heavy (non-hydrogen) atoms. The van der Waals surface area contributed by atoms with Crippen LogP contribution >= 0.6 is 24.2 Å². The number of thioether (sulfide) groups is 1. The molecular weight excluding hydrogens is 334 g/mol. The lowest BCUT2D eigenvalue weighted by molar-refractivity contribution is -0.115. The van der Waals surface area contributed by atoms with E-state index in [4.69, 9.17) is 0 Å². The van der Waals surface area contributed by atoms with Crippen LogP contribution in [0.1, 0.15) is 16.8 Å². The standard InChI is InChI=1S/C16H19N3O2S.ClH/c20-15-3-4-22-14-2-1-10(5-13(14)18-15)16(21)19-8-11-6-17-7-12(11)9-19;/h1-2,5,11-12,17H,3-4,6-9H2,(H,18,20);1H/t11-,12+;. The second kappa shape index (κ2) is 6.71. The van der Waals surface area contributed by atoms with Gasteiger partial charge < -0.3 is 15.5 Å². The first-order valence-corrected chi connectivity index (χ1v) is 8.76. The Morgan fingerprint density at radius 2 is 1.96 bits per heavy atom. The molecule has 3 heterocycles. The normalized spacial score (nSPS) is 25.9. The fourth-order valence-corrected chi connectivity index (χ4v) is 4.49. The van der Waals surface area contributed by atoms with Crippen molar-refractivity contribution in [3.8, 4) is 0 Å². The van der Waals surface area contributed by atoms with Gasteiger partial charge in [-0.05, 0) is 30.0 Å². The Bertz CT molecular complexity index is 628. The zero-order valence-electron chi connectivity index (χ0n) is 12.7. The average molecular weight is 354 g/mol. The third-order valence-electron chi connectivity index (χ3n) is 4.76. The van der Waals surface area contributed by atoms with E-state index in [1.54, 1.807) is 11.8 Å². The summed E-state index contributed by atoms with van der Waals surface area (Å²) < 4.78 is 0. The SMILES string of the molecule is Cl.O=C1CCSc2ccc(C(=O)N3C[C@H]4CNC[C@H]4C3)cc2N1. The fourth-order valence-electron chi connectivity index (χ4n) is 3.56. The fraction of sp³-hybridized carbons (Fsp3) is 0.500. The third-order valence-corrected chi connectivity index (χ3v) is 5.84. The Morgan fingerprint density at radius 3 is 2.70 bits per heavy atom. The van der Waals surface area contributed by atoms with Gasteiger partial charge in [0.2, 0.25) is 5.91 Å². The van der Waals surface area contributed by atoms with Gasteiger partial charge in [0.25, 0.3) is 5.91 Å². The summed E-state index contributed by atoms with van der Waals surface area (Å²) in [7, 11) is 0. The highest BCUT2D eigenvalue weighted by Crippen LogP contribution is 2.33. The molecule has 2 atom stereocenters. The molecule has 124 valence electrons. The van der Waals surface area contributed by atoms with Gasteiger partial charge in [-0.15, -0.1) is 24.2 Å². The van der Waals surface area contributed by atoms with E-state index in [2.05, 4.69) is 10.6 Å². The zero-order valence-corrected chi connectivity index (χ0v) is 14.3. The Morgan fingerprint density at radius 1 is 1.22 bits per heavy atom. The van der Waals surface area contributed by atoms with Crippen LogP contribution in [0.4, 0.5) is 5.69 Å². The van der Waals surface area contributed by atoms with Crippen LogP contribution in [0, 0.1) is 11.8 Å². The smallest absolute Gasteiger partial charge is 0.253 e. The summed E-state index contributed by atoms with van der Waals surface area (Å²) in [6, 6.07) is 5.68. The summed E-state index contributed by atoms with van der Waals surface area (Å²) in [6.07, 6.45) is 0.519. The number of rotatable bonds is 1. The van der Waals surface area contributed by atoms with E-state index in [1.165, 1.54) is 0 Å². The summed E-state index contributed by atoms with van der Waals surface area (Å²) in [4.78, 5) is 27.4. The van der Waals surface area contributed by atoms with Gasteiger partial charge in [0, 0.05) is 48.8 Å². The number of hydrogen-bond donors (Lipinski definition) is 2. The Labute approximate surface area is 146 Å². The molecule has 5 nitrogen and oxygen atoms in total. The number of anilines is 1. The van der Waals surface area contributed by atoms with E-state index in [0.717, 1.165) is 42.5 Å². The predicted octanol–water partition coefficient (Wildman–Crippen LogP) is 1.83. The van der Waals surface area contributed by atoms with Gasteiger partial charge >= 0.3 is 0 Å². The molecule has 0 aliphatic carbocycles. The van der Waals surface area contributed by atoms with Gasteiger partial charge in [0.15, 0.2) is 0 Å². The molecule has 0 saturated carbocycles. The van der Waals surface area contributed by atoms with Crippen molar-refractivity contribution < 1.29 is 9.59 Å². The van der Waals surface area contributed by atoms with Crippen molar-refractivity contribution in [2.45, 2.75) is 11.3 Å². The van der Waals surface area contributed by atoms with Crippen LogP contribution in [0.15, 0.2) is 23.1 Å². The largest absolute Gasteiger partial charge is 0.338 e. The highest BCUT2D eigenvalue weighted by Gasteiger charge is 2.38. The molecule has 0 unspecified atom stereocenters. The monoisotopic (exact) mass is 353 g/mol. The zero-order chi connectivity index (χ0) is 15.1. The van der Waals surface area contributed by atoms with Crippen molar-refractivity contribution in [2.75, 3.05) is 37.2 Å². The molecule has 3 aliphatic rings. The van der Waals surface area contributed by atoms with Crippen molar-refractivity contribution in [3.63, 3.8) is 0 Å². The molecule has 4 rings (SSSR count). The second-order valence-corrected chi connectivity index (χ2v) is 7.38. The van der Waals surface area contributed by atoms with Crippen LogP contribution in [0.3, 0.4) is 0 Å². The molecule has 0 aromatic heterocycles. The van der Waals surface area contributed by atoms with Gasteiger partial charge in [0.05, 0.1) is 5.69 Å². The minimum Gasteiger partial charge on any atom is -0.338 e. The van der Waals surface area contributed by atoms with Crippen LogP contribution in [0.25, 0.3) is 0 Å². The number of amides is 2. The van der Waals surface area contributed by atoms with Crippen LogP contribution in [-0.2, 0) is 4.79 Å². The van der Waals surface area contributed by atoms with Crippen molar-refractivity contribution in [1.82, 2.24) is 10.2 Å². The molecule has 2 saturated heterocycles.